The molecular formula is C15H19F3N2O. The minimum Gasteiger partial charge on any atom is -0.324 e. The Balaban J connectivity index is 2.07. The lowest BCUT2D eigenvalue weighted by Gasteiger charge is -2.33. The predicted molar refractivity (Wildman–Crippen MR) is 75.3 cm³/mol. The number of nitrogens with zero attached hydrogens (tertiary/aromatic N) is 1. The van der Waals surface area contributed by atoms with Gasteiger partial charge in [0.25, 0.3) is 0 Å². The average molecular weight is 300 g/mol. The van der Waals surface area contributed by atoms with Crippen LogP contribution in [0.5, 0.6) is 0 Å². The van der Waals surface area contributed by atoms with Crippen molar-refractivity contribution >= 4 is 11.7 Å². The molecule has 1 aliphatic heterocycles. The minimum atomic E-state index is -4.24. The Morgan fingerprint density at radius 3 is 2.48 bits per heavy atom. The van der Waals surface area contributed by atoms with E-state index in [2.05, 4.69) is 5.32 Å². The van der Waals surface area contributed by atoms with Crippen molar-refractivity contribution in [1.29, 1.82) is 0 Å². The number of hydrogen-bond acceptors (Lipinski definition) is 1. The van der Waals surface area contributed by atoms with E-state index < -0.39 is 18.1 Å². The summed E-state index contributed by atoms with van der Waals surface area (Å²) >= 11 is 0. The number of carbonyl (C=O) groups excluding carboxylic acids is 1. The van der Waals surface area contributed by atoms with E-state index in [-0.39, 0.29) is 13.0 Å². The maximum atomic E-state index is 12.8. The van der Waals surface area contributed by atoms with Gasteiger partial charge >= 0.3 is 12.2 Å². The Kier molecular flexibility index (Phi) is 4.44. The highest BCUT2D eigenvalue weighted by Crippen LogP contribution is 2.33. The van der Waals surface area contributed by atoms with Gasteiger partial charge in [-0.15, -0.1) is 0 Å². The molecule has 1 aromatic rings. The minimum absolute atomic E-state index is 0.0939. The highest BCUT2D eigenvalue weighted by molar-refractivity contribution is 5.91. The molecule has 0 bridgehead atoms. The maximum absolute atomic E-state index is 12.8. The first kappa shape index (κ1) is 15.7. The number of benzene rings is 1. The number of hydrogen-bond donors (Lipinski definition) is 1. The van der Waals surface area contributed by atoms with Crippen LogP contribution in [0.2, 0.25) is 0 Å². The summed E-state index contributed by atoms with van der Waals surface area (Å²) in [6, 6.07) is 5.14. The van der Waals surface area contributed by atoms with Gasteiger partial charge in [0, 0.05) is 18.8 Å². The summed E-state index contributed by atoms with van der Waals surface area (Å²) in [6.45, 7) is 3.82. The number of rotatable bonds is 1. The highest BCUT2D eigenvalue weighted by Gasteiger charge is 2.42. The number of urea groups is 1. The Bertz CT molecular complexity index is 508. The van der Waals surface area contributed by atoms with Crippen LogP contribution in [0, 0.1) is 19.8 Å². The van der Waals surface area contributed by atoms with Crippen molar-refractivity contribution in [2.24, 2.45) is 5.92 Å². The first-order chi connectivity index (χ1) is 9.79. The molecule has 0 radical (unpaired) electrons. The first-order valence-electron chi connectivity index (χ1n) is 6.98. The second kappa shape index (κ2) is 5.95. The van der Waals surface area contributed by atoms with E-state index >= 15 is 0 Å². The molecule has 1 saturated heterocycles. The number of amides is 2. The van der Waals surface area contributed by atoms with Gasteiger partial charge in [0.15, 0.2) is 0 Å². The molecule has 21 heavy (non-hydrogen) atoms. The summed E-state index contributed by atoms with van der Waals surface area (Å²) in [5, 5.41) is 2.74. The fourth-order valence-electron chi connectivity index (χ4n) is 2.63. The summed E-state index contributed by atoms with van der Waals surface area (Å²) in [4.78, 5) is 13.4. The third kappa shape index (κ3) is 3.68. The van der Waals surface area contributed by atoms with E-state index in [1.807, 2.05) is 32.0 Å². The van der Waals surface area contributed by atoms with E-state index in [1.54, 1.807) is 0 Å². The number of nitrogens with one attached hydrogen (secondary N) is 1. The van der Waals surface area contributed by atoms with Crippen LogP contribution in [0.4, 0.5) is 23.7 Å². The molecule has 1 N–H and O–H groups in total. The zero-order valence-corrected chi connectivity index (χ0v) is 12.1. The molecule has 2 rings (SSSR count). The van der Waals surface area contributed by atoms with Crippen LogP contribution >= 0.6 is 0 Å². The number of para-hydroxylation sites is 1. The SMILES string of the molecule is Cc1cccc(C)c1NC(=O)N1CCC[C@@H](C(F)(F)F)C1. The van der Waals surface area contributed by atoms with Gasteiger partial charge < -0.3 is 10.2 Å². The topological polar surface area (TPSA) is 32.3 Å². The van der Waals surface area contributed by atoms with E-state index in [9.17, 15) is 18.0 Å². The standard InChI is InChI=1S/C15H19F3N2O/c1-10-5-3-6-11(2)13(10)19-14(21)20-8-4-7-12(9-20)15(16,17)18/h3,5-6,12H,4,7-9H2,1-2H3,(H,19,21)/t12-/m1/s1. The fourth-order valence-corrected chi connectivity index (χ4v) is 2.63. The monoisotopic (exact) mass is 300 g/mol. The number of aryl methyl sites for hydroxylation is 2. The Labute approximate surface area is 122 Å². The molecule has 0 aromatic heterocycles. The second-order valence-corrected chi connectivity index (χ2v) is 5.52. The molecule has 1 aliphatic rings. The molecule has 116 valence electrons. The van der Waals surface area contributed by atoms with Gasteiger partial charge in [0.05, 0.1) is 5.92 Å². The fraction of sp³-hybridized carbons (Fsp3) is 0.533. The number of likely N-dealkylation sites (tertiary alicyclic amines) is 1. The lowest BCUT2D eigenvalue weighted by molar-refractivity contribution is -0.183. The molecule has 1 heterocycles. The molecule has 0 unspecified atom stereocenters. The van der Waals surface area contributed by atoms with E-state index in [1.165, 1.54) is 4.90 Å². The van der Waals surface area contributed by atoms with Crippen LogP contribution in [0.1, 0.15) is 24.0 Å². The number of piperidine rings is 1. The van der Waals surface area contributed by atoms with Crippen molar-refractivity contribution < 1.29 is 18.0 Å². The number of carbonyl (C=O) groups is 1. The Hall–Kier alpha value is -1.72. The zero-order chi connectivity index (χ0) is 15.6. The summed E-state index contributed by atoms with van der Waals surface area (Å²) in [6.07, 6.45) is -3.77. The van der Waals surface area contributed by atoms with Crippen molar-refractivity contribution in [3.63, 3.8) is 0 Å². The van der Waals surface area contributed by atoms with Gasteiger partial charge in [-0.2, -0.15) is 13.2 Å². The van der Waals surface area contributed by atoms with Crippen LogP contribution in [-0.2, 0) is 0 Å². The molecule has 0 aliphatic carbocycles. The number of halogens is 3. The third-order valence-corrected chi connectivity index (χ3v) is 3.88. The summed E-state index contributed by atoms with van der Waals surface area (Å²) in [5.74, 6) is -1.42. The highest BCUT2D eigenvalue weighted by atomic mass is 19.4. The molecular weight excluding hydrogens is 281 g/mol. The molecule has 0 saturated carbocycles. The zero-order valence-electron chi connectivity index (χ0n) is 12.1. The van der Waals surface area contributed by atoms with E-state index in [0.717, 1.165) is 11.1 Å². The van der Waals surface area contributed by atoms with Gasteiger partial charge in [0.1, 0.15) is 0 Å². The smallest absolute Gasteiger partial charge is 0.324 e. The predicted octanol–water partition coefficient (Wildman–Crippen LogP) is 4.11. The quantitative estimate of drug-likeness (QED) is 0.831. The third-order valence-electron chi connectivity index (χ3n) is 3.88. The van der Waals surface area contributed by atoms with Crippen molar-refractivity contribution in [3.05, 3.63) is 29.3 Å². The van der Waals surface area contributed by atoms with E-state index in [0.29, 0.717) is 18.7 Å². The second-order valence-electron chi connectivity index (χ2n) is 5.52. The van der Waals surface area contributed by atoms with Gasteiger partial charge in [-0.05, 0) is 37.8 Å². The molecule has 1 atom stereocenters. The molecule has 0 spiro atoms. The first-order valence-corrected chi connectivity index (χ1v) is 6.98. The van der Waals surface area contributed by atoms with Crippen molar-refractivity contribution in [3.8, 4) is 0 Å². The lowest BCUT2D eigenvalue weighted by atomic mass is 9.98. The van der Waals surface area contributed by atoms with Gasteiger partial charge in [-0.25, -0.2) is 4.79 Å². The van der Waals surface area contributed by atoms with Crippen LogP contribution in [0.25, 0.3) is 0 Å². The molecule has 1 fully saturated rings. The normalized spacial score (nSPS) is 19.5. The van der Waals surface area contributed by atoms with Crippen LogP contribution in [-0.4, -0.2) is 30.2 Å². The van der Waals surface area contributed by atoms with Gasteiger partial charge in [0.2, 0.25) is 0 Å². The van der Waals surface area contributed by atoms with Gasteiger partial charge in [-0.3, -0.25) is 0 Å². The lowest BCUT2D eigenvalue weighted by Crippen LogP contribution is -2.46. The van der Waals surface area contributed by atoms with Crippen molar-refractivity contribution in [2.45, 2.75) is 32.9 Å². The largest absolute Gasteiger partial charge is 0.393 e. The summed E-state index contributed by atoms with van der Waals surface area (Å²) in [7, 11) is 0. The molecule has 6 heteroatoms. The number of anilines is 1. The molecule has 1 aromatic carbocycles. The molecule has 2 amide bonds. The van der Waals surface area contributed by atoms with Crippen molar-refractivity contribution in [1.82, 2.24) is 4.90 Å². The Morgan fingerprint density at radius 2 is 1.90 bits per heavy atom. The van der Waals surface area contributed by atoms with Crippen LogP contribution in [0.3, 0.4) is 0 Å². The number of alkyl halides is 3. The average Bonchev–Trinajstić information content (AvgIpc) is 2.42. The van der Waals surface area contributed by atoms with Crippen LogP contribution < -0.4 is 5.32 Å². The Morgan fingerprint density at radius 1 is 1.29 bits per heavy atom. The molecule has 3 nitrogen and oxygen atoms in total. The maximum Gasteiger partial charge on any atom is 0.393 e. The van der Waals surface area contributed by atoms with Gasteiger partial charge in [-0.1, -0.05) is 18.2 Å². The summed E-state index contributed by atoms with van der Waals surface area (Å²) in [5.41, 5.74) is 2.47. The van der Waals surface area contributed by atoms with E-state index in [4.69, 9.17) is 0 Å². The summed E-state index contributed by atoms with van der Waals surface area (Å²) < 4.78 is 38.3. The van der Waals surface area contributed by atoms with Crippen molar-refractivity contribution in [2.75, 3.05) is 18.4 Å². The van der Waals surface area contributed by atoms with Crippen LogP contribution in [0.15, 0.2) is 18.2 Å².